The fraction of sp³-hybridized carbons (Fsp3) is 0.600. The molecule has 1 N–H and O–H groups in total. The van der Waals surface area contributed by atoms with E-state index in [0.29, 0.717) is 5.69 Å². The highest BCUT2D eigenvalue weighted by atomic mass is 16.2. The topological polar surface area (TPSA) is 45.2 Å². The fourth-order valence-corrected chi connectivity index (χ4v) is 2.46. The van der Waals surface area contributed by atoms with Crippen LogP contribution in [0.5, 0.6) is 0 Å². The zero-order valence-corrected chi connectivity index (χ0v) is 11.9. The summed E-state index contributed by atoms with van der Waals surface area (Å²) in [5.41, 5.74) is 0.549. The molecule has 1 aliphatic heterocycles. The van der Waals surface area contributed by atoms with E-state index in [1.54, 1.807) is 6.07 Å². The average Bonchev–Trinajstić information content (AvgIpc) is 2.63. The van der Waals surface area contributed by atoms with Crippen LogP contribution in [0.1, 0.15) is 43.6 Å². The summed E-state index contributed by atoms with van der Waals surface area (Å²) in [4.78, 5) is 18.8. The Kier molecular flexibility index (Phi) is 4.77. The molecule has 0 bridgehead atoms. The first kappa shape index (κ1) is 13.8. The van der Waals surface area contributed by atoms with Gasteiger partial charge in [0, 0.05) is 19.6 Å². The molecule has 1 aromatic heterocycles. The maximum atomic E-state index is 12.5. The summed E-state index contributed by atoms with van der Waals surface area (Å²) in [5.74, 6) is 1.56. The summed E-state index contributed by atoms with van der Waals surface area (Å²) in [7, 11) is 0. The maximum absolute atomic E-state index is 12.5. The summed E-state index contributed by atoms with van der Waals surface area (Å²) < 4.78 is 0. The van der Waals surface area contributed by atoms with Crippen LogP contribution < -0.4 is 5.32 Å². The van der Waals surface area contributed by atoms with Crippen molar-refractivity contribution in [3.8, 4) is 0 Å². The van der Waals surface area contributed by atoms with Crippen molar-refractivity contribution in [1.82, 2.24) is 9.88 Å². The van der Waals surface area contributed by atoms with Crippen LogP contribution in [0.4, 0.5) is 5.82 Å². The summed E-state index contributed by atoms with van der Waals surface area (Å²) in [5, 5.41) is 3.14. The number of pyridine rings is 1. The lowest BCUT2D eigenvalue weighted by molar-refractivity contribution is 0.0754. The number of rotatable bonds is 3. The Hall–Kier alpha value is -1.58. The second-order valence-corrected chi connectivity index (χ2v) is 5.27. The molecule has 0 saturated carbocycles. The van der Waals surface area contributed by atoms with E-state index in [1.165, 1.54) is 6.42 Å². The molecule has 2 rings (SSSR count). The molecule has 0 spiro atoms. The molecule has 0 aromatic carbocycles. The van der Waals surface area contributed by atoms with Crippen LogP contribution >= 0.6 is 0 Å². The van der Waals surface area contributed by atoms with Crippen LogP contribution in [0, 0.1) is 5.92 Å². The molecule has 4 nitrogen and oxygen atoms in total. The van der Waals surface area contributed by atoms with Crippen LogP contribution in [0.15, 0.2) is 18.2 Å². The SMILES string of the molecule is CCNc1cccc(C(=O)N2CCCC(C)CC2)n1. The van der Waals surface area contributed by atoms with Gasteiger partial charge in [-0.05, 0) is 44.2 Å². The molecule has 0 radical (unpaired) electrons. The number of nitrogens with one attached hydrogen (secondary N) is 1. The minimum atomic E-state index is 0.0638. The molecule has 4 heteroatoms. The number of amides is 1. The third kappa shape index (κ3) is 3.69. The Morgan fingerprint density at radius 1 is 1.42 bits per heavy atom. The number of anilines is 1. The van der Waals surface area contributed by atoms with Crippen molar-refractivity contribution in [3.63, 3.8) is 0 Å². The van der Waals surface area contributed by atoms with E-state index in [9.17, 15) is 4.79 Å². The molecule has 2 heterocycles. The monoisotopic (exact) mass is 261 g/mol. The normalized spacial score (nSPS) is 19.9. The molecule has 1 aromatic rings. The van der Waals surface area contributed by atoms with Crippen molar-refractivity contribution < 1.29 is 4.79 Å². The van der Waals surface area contributed by atoms with Gasteiger partial charge >= 0.3 is 0 Å². The smallest absolute Gasteiger partial charge is 0.272 e. The molecule has 1 atom stereocenters. The van der Waals surface area contributed by atoms with Crippen molar-refractivity contribution in [1.29, 1.82) is 0 Å². The number of carbonyl (C=O) groups is 1. The van der Waals surface area contributed by atoms with Crippen LogP contribution in [-0.2, 0) is 0 Å². The third-order valence-electron chi connectivity index (χ3n) is 3.63. The predicted octanol–water partition coefficient (Wildman–Crippen LogP) is 2.78. The molecule has 1 amide bonds. The van der Waals surface area contributed by atoms with Gasteiger partial charge in [0.15, 0.2) is 0 Å². The highest BCUT2D eigenvalue weighted by molar-refractivity contribution is 5.92. The van der Waals surface area contributed by atoms with Gasteiger partial charge in [0.25, 0.3) is 5.91 Å². The lowest BCUT2D eigenvalue weighted by Gasteiger charge is -2.20. The summed E-state index contributed by atoms with van der Waals surface area (Å²) >= 11 is 0. The van der Waals surface area contributed by atoms with E-state index < -0.39 is 0 Å². The molecule has 104 valence electrons. The molecule has 0 aliphatic carbocycles. The van der Waals surface area contributed by atoms with E-state index >= 15 is 0 Å². The number of hydrogen-bond donors (Lipinski definition) is 1. The maximum Gasteiger partial charge on any atom is 0.272 e. The molecular weight excluding hydrogens is 238 g/mol. The second-order valence-electron chi connectivity index (χ2n) is 5.27. The number of hydrogen-bond acceptors (Lipinski definition) is 3. The van der Waals surface area contributed by atoms with Gasteiger partial charge in [-0.25, -0.2) is 4.98 Å². The zero-order valence-electron chi connectivity index (χ0n) is 11.9. The van der Waals surface area contributed by atoms with Crippen molar-refractivity contribution in [2.45, 2.75) is 33.1 Å². The van der Waals surface area contributed by atoms with Crippen LogP contribution in [0.2, 0.25) is 0 Å². The molecular formula is C15H23N3O. The number of carbonyl (C=O) groups excluding carboxylic acids is 1. The van der Waals surface area contributed by atoms with Crippen LogP contribution in [0.3, 0.4) is 0 Å². The predicted molar refractivity (Wildman–Crippen MR) is 77.3 cm³/mol. The quantitative estimate of drug-likeness (QED) is 0.910. The Morgan fingerprint density at radius 2 is 2.26 bits per heavy atom. The van der Waals surface area contributed by atoms with E-state index in [0.717, 1.165) is 44.2 Å². The van der Waals surface area contributed by atoms with E-state index in [2.05, 4.69) is 17.2 Å². The molecule has 1 aliphatic rings. The van der Waals surface area contributed by atoms with Gasteiger partial charge in [-0.2, -0.15) is 0 Å². The zero-order chi connectivity index (χ0) is 13.7. The molecule has 1 unspecified atom stereocenters. The highest BCUT2D eigenvalue weighted by Crippen LogP contribution is 2.18. The first-order valence-electron chi connectivity index (χ1n) is 7.21. The lowest BCUT2D eigenvalue weighted by atomic mass is 10.0. The van der Waals surface area contributed by atoms with Gasteiger partial charge in [0.2, 0.25) is 0 Å². The molecule has 19 heavy (non-hydrogen) atoms. The summed E-state index contributed by atoms with van der Waals surface area (Å²) in [6.45, 7) is 6.81. The number of nitrogens with zero attached hydrogens (tertiary/aromatic N) is 2. The van der Waals surface area contributed by atoms with Crippen molar-refractivity contribution in [2.24, 2.45) is 5.92 Å². The Balaban J connectivity index is 2.07. The standard InChI is InChI=1S/C15H23N3O/c1-3-16-14-8-4-7-13(17-14)15(19)18-10-5-6-12(2)9-11-18/h4,7-8,12H,3,5-6,9-11H2,1-2H3,(H,16,17). The largest absolute Gasteiger partial charge is 0.370 e. The average molecular weight is 261 g/mol. The van der Waals surface area contributed by atoms with E-state index in [4.69, 9.17) is 0 Å². The van der Waals surface area contributed by atoms with Crippen molar-refractivity contribution in [2.75, 3.05) is 25.0 Å². The Morgan fingerprint density at radius 3 is 3.05 bits per heavy atom. The first-order chi connectivity index (χ1) is 9.20. The Labute approximate surface area is 115 Å². The first-order valence-corrected chi connectivity index (χ1v) is 7.21. The van der Waals surface area contributed by atoms with E-state index in [1.807, 2.05) is 24.0 Å². The van der Waals surface area contributed by atoms with Gasteiger partial charge in [0.1, 0.15) is 11.5 Å². The number of likely N-dealkylation sites (tertiary alicyclic amines) is 1. The highest BCUT2D eigenvalue weighted by Gasteiger charge is 2.20. The van der Waals surface area contributed by atoms with Gasteiger partial charge in [0.05, 0.1) is 0 Å². The molecule has 1 saturated heterocycles. The summed E-state index contributed by atoms with van der Waals surface area (Å²) in [6.07, 6.45) is 3.41. The van der Waals surface area contributed by atoms with Gasteiger partial charge in [-0.15, -0.1) is 0 Å². The fourth-order valence-electron chi connectivity index (χ4n) is 2.46. The minimum Gasteiger partial charge on any atom is -0.370 e. The minimum absolute atomic E-state index is 0.0638. The second kappa shape index (κ2) is 6.55. The summed E-state index contributed by atoms with van der Waals surface area (Å²) in [6, 6.07) is 5.58. The molecule has 1 fully saturated rings. The number of aromatic nitrogens is 1. The van der Waals surface area contributed by atoms with Gasteiger partial charge in [-0.1, -0.05) is 13.0 Å². The van der Waals surface area contributed by atoms with Crippen LogP contribution in [0.25, 0.3) is 0 Å². The van der Waals surface area contributed by atoms with Gasteiger partial charge in [-0.3, -0.25) is 4.79 Å². The van der Waals surface area contributed by atoms with E-state index in [-0.39, 0.29) is 5.91 Å². The van der Waals surface area contributed by atoms with Crippen molar-refractivity contribution >= 4 is 11.7 Å². The van der Waals surface area contributed by atoms with Crippen molar-refractivity contribution in [3.05, 3.63) is 23.9 Å². The lowest BCUT2D eigenvalue weighted by Crippen LogP contribution is -2.32. The third-order valence-corrected chi connectivity index (χ3v) is 3.63. The van der Waals surface area contributed by atoms with Gasteiger partial charge < -0.3 is 10.2 Å². The Bertz CT molecular complexity index is 433. The van der Waals surface area contributed by atoms with Crippen LogP contribution in [-0.4, -0.2) is 35.4 Å².